The van der Waals surface area contributed by atoms with Crippen molar-refractivity contribution in [3.8, 4) is 0 Å². The Morgan fingerprint density at radius 2 is 1.93 bits per heavy atom. The number of halogens is 1. The van der Waals surface area contributed by atoms with Crippen LogP contribution in [0.2, 0.25) is 0 Å². The molecule has 0 fully saturated rings. The predicted molar refractivity (Wildman–Crippen MR) is 54.7 cm³/mol. The fourth-order valence-corrected chi connectivity index (χ4v) is 1.83. The Kier molecular flexibility index (Phi) is 6.92. The quantitative estimate of drug-likeness (QED) is 0.387. The van der Waals surface area contributed by atoms with Crippen molar-refractivity contribution in [1.29, 1.82) is 0 Å². The number of hydrogen-bond acceptors (Lipinski definition) is 4. The Hall–Kier alpha value is -0.290. The molecule has 0 aliphatic heterocycles. The van der Waals surface area contributed by atoms with E-state index < -0.39 is 9.05 Å². The van der Waals surface area contributed by atoms with Crippen LogP contribution in [0.15, 0.2) is 0 Å². The molecule has 0 aliphatic carbocycles. The zero-order valence-corrected chi connectivity index (χ0v) is 9.73. The molecule has 84 valence electrons. The summed E-state index contributed by atoms with van der Waals surface area (Å²) in [6.45, 7) is 2.13. The number of hydrogen-bond donors (Lipinski definition) is 0. The molecule has 0 atom stereocenters. The highest BCUT2D eigenvalue weighted by Crippen LogP contribution is 2.06. The molecule has 0 N–H and O–H groups in total. The Balaban J connectivity index is 3.34. The Bertz CT molecular complexity index is 261. The van der Waals surface area contributed by atoms with E-state index in [2.05, 4.69) is 0 Å². The zero-order chi connectivity index (χ0) is 11.0. The summed E-state index contributed by atoms with van der Waals surface area (Å²) in [5, 5.41) is 0. The molecule has 14 heavy (non-hydrogen) atoms. The average molecular weight is 243 g/mol. The molecule has 0 aromatic carbocycles. The van der Waals surface area contributed by atoms with Crippen molar-refractivity contribution in [2.24, 2.45) is 0 Å². The second-order valence-electron chi connectivity index (χ2n) is 2.86. The maximum atomic E-state index is 10.8. The maximum absolute atomic E-state index is 10.8. The molecule has 6 heteroatoms. The third-order valence-corrected chi connectivity index (χ3v) is 2.81. The van der Waals surface area contributed by atoms with E-state index >= 15 is 0 Å². The van der Waals surface area contributed by atoms with E-state index in [-0.39, 0.29) is 11.7 Å². The molecule has 0 aliphatic rings. The summed E-state index contributed by atoms with van der Waals surface area (Å²) in [7, 11) is 1.63. The minimum Gasteiger partial charge on any atom is -0.466 e. The van der Waals surface area contributed by atoms with Crippen LogP contribution in [0.5, 0.6) is 0 Å². The summed E-state index contributed by atoms with van der Waals surface area (Å²) in [5.41, 5.74) is 0. The first-order valence-electron chi connectivity index (χ1n) is 4.53. The molecule has 0 heterocycles. The van der Waals surface area contributed by atoms with Crippen LogP contribution < -0.4 is 0 Å². The normalized spacial score (nSPS) is 11.3. The van der Waals surface area contributed by atoms with Gasteiger partial charge in [-0.15, -0.1) is 0 Å². The first kappa shape index (κ1) is 13.7. The predicted octanol–water partition coefficient (Wildman–Crippen LogP) is 1.68. The summed E-state index contributed by atoms with van der Waals surface area (Å²) in [4.78, 5) is 10.8. The fraction of sp³-hybridized carbons (Fsp3) is 0.875. The highest BCUT2D eigenvalue weighted by Gasteiger charge is 2.05. The molecule has 0 spiro atoms. The lowest BCUT2D eigenvalue weighted by atomic mass is 10.2. The molecule has 0 saturated heterocycles. The van der Waals surface area contributed by atoms with Gasteiger partial charge in [0.15, 0.2) is 0 Å². The van der Waals surface area contributed by atoms with Crippen LogP contribution in [0.4, 0.5) is 0 Å². The second kappa shape index (κ2) is 7.06. The fourth-order valence-electron chi connectivity index (χ4n) is 0.954. The molecule has 4 nitrogen and oxygen atoms in total. The van der Waals surface area contributed by atoms with Gasteiger partial charge in [0.1, 0.15) is 0 Å². The number of carbonyl (C=O) groups is 1. The van der Waals surface area contributed by atoms with Gasteiger partial charge in [-0.25, -0.2) is 8.42 Å². The van der Waals surface area contributed by atoms with Crippen LogP contribution in [0, 0.1) is 0 Å². The number of rotatable bonds is 7. The monoisotopic (exact) mass is 242 g/mol. The van der Waals surface area contributed by atoms with Crippen LogP contribution in [-0.2, 0) is 18.6 Å². The van der Waals surface area contributed by atoms with Gasteiger partial charge in [0.05, 0.1) is 12.4 Å². The van der Waals surface area contributed by atoms with Gasteiger partial charge in [-0.2, -0.15) is 0 Å². The molecule has 0 aromatic rings. The van der Waals surface area contributed by atoms with E-state index in [4.69, 9.17) is 15.4 Å². The number of esters is 1. The SMILES string of the molecule is CCOC(=O)CCCCCS(=O)(=O)Cl. The third kappa shape index (κ3) is 9.80. The van der Waals surface area contributed by atoms with Crippen molar-refractivity contribution in [3.63, 3.8) is 0 Å². The molecule has 0 rings (SSSR count). The number of ether oxygens (including phenoxy) is 1. The van der Waals surface area contributed by atoms with Crippen molar-refractivity contribution >= 4 is 25.7 Å². The summed E-state index contributed by atoms with van der Waals surface area (Å²) in [6.07, 6.45) is 2.15. The first-order valence-corrected chi connectivity index (χ1v) is 7.01. The van der Waals surface area contributed by atoms with Gasteiger partial charge in [-0.1, -0.05) is 6.42 Å². The molecule has 0 radical (unpaired) electrons. The van der Waals surface area contributed by atoms with Crippen LogP contribution in [-0.4, -0.2) is 26.7 Å². The van der Waals surface area contributed by atoms with Gasteiger partial charge in [0, 0.05) is 17.1 Å². The minimum absolute atomic E-state index is 0.0304. The summed E-state index contributed by atoms with van der Waals surface area (Å²) in [6, 6.07) is 0. The molecular weight excluding hydrogens is 228 g/mol. The molecule has 0 bridgehead atoms. The van der Waals surface area contributed by atoms with Crippen molar-refractivity contribution in [3.05, 3.63) is 0 Å². The van der Waals surface area contributed by atoms with Gasteiger partial charge < -0.3 is 4.74 Å². The molecule has 0 amide bonds. The van der Waals surface area contributed by atoms with E-state index in [1.165, 1.54) is 0 Å². The summed E-state index contributed by atoms with van der Waals surface area (Å²) < 4.78 is 25.7. The molecule has 0 aromatic heterocycles. The van der Waals surface area contributed by atoms with Gasteiger partial charge in [0.2, 0.25) is 9.05 Å². The van der Waals surface area contributed by atoms with Gasteiger partial charge in [-0.3, -0.25) is 4.79 Å². The molecule has 0 saturated carbocycles. The largest absolute Gasteiger partial charge is 0.466 e. The Morgan fingerprint density at radius 1 is 1.29 bits per heavy atom. The Morgan fingerprint density at radius 3 is 2.43 bits per heavy atom. The second-order valence-corrected chi connectivity index (χ2v) is 5.76. The van der Waals surface area contributed by atoms with E-state index in [0.29, 0.717) is 32.3 Å². The summed E-state index contributed by atoms with van der Waals surface area (Å²) >= 11 is 0. The van der Waals surface area contributed by atoms with E-state index in [1.807, 2.05) is 0 Å². The van der Waals surface area contributed by atoms with E-state index in [1.54, 1.807) is 6.92 Å². The molecular formula is C8H15ClO4S. The van der Waals surface area contributed by atoms with E-state index in [9.17, 15) is 13.2 Å². The smallest absolute Gasteiger partial charge is 0.305 e. The van der Waals surface area contributed by atoms with E-state index in [0.717, 1.165) is 0 Å². The third-order valence-electron chi connectivity index (χ3n) is 1.57. The number of carbonyl (C=O) groups excluding carboxylic acids is 1. The Labute approximate surface area is 89.0 Å². The van der Waals surface area contributed by atoms with Gasteiger partial charge >= 0.3 is 5.97 Å². The van der Waals surface area contributed by atoms with Crippen molar-refractivity contribution in [2.75, 3.05) is 12.4 Å². The van der Waals surface area contributed by atoms with Crippen molar-refractivity contribution < 1.29 is 17.9 Å². The minimum atomic E-state index is -3.38. The number of unbranched alkanes of at least 4 members (excludes halogenated alkanes) is 2. The highest BCUT2D eigenvalue weighted by molar-refractivity contribution is 8.13. The first-order chi connectivity index (χ1) is 6.45. The summed E-state index contributed by atoms with van der Waals surface area (Å²) in [5.74, 6) is -0.265. The van der Waals surface area contributed by atoms with Crippen LogP contribution in [0.3, 0.4) is 0 Å². The van der Waals surface area contributed by atoms with Crippen LogP contribution in [0.25, 0.3) is 0 Å². The van der Waals surface area contributed by atoms with Gasteiger partial charge in [-0.05, 0) is 19.8 Å². The zero-order valence-electron chi connectivity index (χ0n) is 8.16. The highest BCUT2D eigenvalue weighted by atomic mass is 35.7. The standard InChI is InChI=1S/C8H15ClO4S/c1-2-13-8(10)6-4-3-5-7-14(9,11)12/h2-7H2,1H3. The van der Waals surface area contributed by atoms with Gasteiger partial charge in [0.25, 0.3) is 0 Å². The van der Waals surface area contributed by atoms with Crippen LogP contribution >= 0.6 is 10.7 Å². The van der Waals surface area contributed by atoms with Crippen molar-refractivity contribution in [2.45, 2.75) is 32.6 Å². The van der Waals surface area contributed by atoms with Crippen molar-refractivity contribution in [1.82, 2.24) is 0 Å². The lowest BCUT2D eigenvalue weighted by Gasteiger charge is -2.00. The van der Waals surface area contributed by atoms with Crippen LogP contribution in [0.1, 0.15) is 32.6 Å². The lowest BCUT2D eigenvalue weighted by Crippen LogP contribution is -2.04. The maximum Gasteiger partial charge on any atom is 0.305 e. The lowest BCUT2D eigenvalue weighted by molar-refractivity contribution is -0.143. The average Bonchev–Trinajstić information content (AvgIpc) is 2.02. The topological polar surface area (TPSA) is 60.4 Å². The molecule has 0 unspecified atom stereocenters.